The molecule has 2 aromatic rings. The zero-order valence-corrected chi connectivity index (χ0v) is 11.2. The van der Waals surface area contributed by atoms with E-state index >= 15 is 0 Å². The van der Waals surface area contributed by atoms with Gasteiger partial charge < -0.3 is 19.6 Å². The van der Waals surface area contributed by atoms with Gasteiger partial charge in [-0.25, -0.2) is 4.98 Å². The molecule has 1 aromatic carbocycles. The van der Waals surface area contributed by atoms with Gasteiger partial charge in [-0.05, 0) is 18.2 Å². The summed E-state index contributed by atoms with van der Waals surface area (Å²) in [7, 11) is 4.82. The minimum atomic E-state index is 0.394. The Morgan fingerprint density at radius 2 is 1.84 bits per heavy atom. The van der Waals surface area contributed by atoms with Gasteiger partial charge in [0.25, 0.3) is 0 Å². The van der Waals surface area contributed by atoms with Gasteiger partial charge >= 0.3 is 0 Å². The van der Waals surface area contributed by atoms with Crippen LogP contribution in [0.3, 0.4) is 0 Å². The molecule has 0 atom stereocenters. The highest BCUT2D eigenvalue weighted by Crippen LogP contribution is 2.36. The van der Waals surface area contributed by atoms with Crippen LogP contribution in [-0.2, 0) is 11.3 Å². The number of ether oxygens (including phenoxy) is 3. The molecular formula is C13H17N3O3. The molecule has 0 saturated carbocycles. The zero-order valence-electron chi connectivity index (χ0n) is 11.2. The van der Waals surface area contributed by atoms with Crippen molar-refractivity contribution in [1.29, 1.82) is 0 Å². The normalized spacial score (nSPS) is 10.5. The molecule has 0 aliphatic carbocycles. The van der Waals surface area contributed by atoms with E-state index in [0.717, 1.165) is 11.1 Å². The fraction of sp³-hybridized carbons (Fsp3) is 0.308. The highest BCUT2D eigenvalue weighted by Gasteiger charge is 2.14. The van der Waals surface area contributed by atoms with Gasteiger partial charge in [-0.2, -0.15) is 0 Å². The first-order valence-corrected chi connectivity index (χ1v) is 5.75. The van der Waals surface area contributed by atoms with E-state index in [1.54, 1.807) is 21.3 Å². The van der Waals surface area contributed by atoms with Gasteiger partial charge in [0.15, 0.2) is 0 Å². The molecule has 0 radical (unpaired) electrons. The number of nitrogens with one attached hydrogen (secondary N) is 1. The summed E-state index contributed by atoms with van der Waals surface area (Å²) in [5, 5.41) is 0.782. The number of benzene rings is 1. The molecule has 6 nitrogen and oxygen atoms in total. The molecule has 0 amide bonds. The molecule has 0 spiro atoms. The average Bonchev–Trinajstić information content (AvgIpc) is 2.45. The van der Waals surface area contributed by atoms with E-state index < -0.39 is 0 Å². The Hall–Kier alpha value is -2.05. The molecule has 0 saturated heterocycles. The predicted octanol–water partition coefficient (Wildman–Crippen LogP) is 1.68. The van der Waals surface area contributed by atoms with Gasteiger partial charge in [-0.1, -0.05) is 0 Å². The van der Waals surface area contributed by atoms with Crippen molar-refractivity contribution in [3.05, 3.63) is 23.9 Å². The molecular weight excluding hydrogens is 246 g/mol. The number of aromatic nitrogens is 1. The Morgan fingerprint density at radius 3 is 2.42 bits per heavy atom. The summed E-state index contributed by atoms with van der Waals surface area (Å²) in [6.07, 6.45) is 0. The summed E-state index contributed by atoms with van der Waals surface area (Å²) in [4.78, 5) is 4.53. The summed E-state index contributed by atoms with van der Waals surface area (Å²) in [5.74, 6) is 6.92. The molecule has 0 unspecified atom stereocenters. The molecule has 0 fully saturated rings. The third kappa shape index (κ3) is 2.40. The second kappa shape index (κ2) is 5.73. The number of rotatable bonds is 5. The van der Waals surface area contributed by atoms with Crippen LogP contribution in [0.2, 0.25) is 0 Å². The number of nitrogens with two attached hydrogens (primary N) is 1. The third-order valence-electron chi connectivity index (χ3n) is 2.83. The molecule has 1 heterocycles. The van der Waals surface area contributed by atoms with Gasteiger partial charge in [0, 0.05) is 7.11 Å². The Balaban J connectivity index is 2.78. The molecule has 102 valence electrons. The van der Waals surface area contributed by atoms with Crippen LogP contribution < -0.4 is 20.7 Å². The lowest BCUT2D eigenvalue weighted by atomic mass is 10.1. The lowest BCUT2D eigenvalue weighted by Gasteiger charge is -2.14. The van der Waals surface area contributed by atoms with Crippen molar-refractivity contribution in [2.45, 2.75) is 6.61 Å². The van der Waals surface area contributed by atoms with E-state index in [1.807, 2.05) is 18.2 Å². The quantitative estimate of drug-likeness (QED) is 0.631. The van der Waals surface area contributed by atoms with Gasteiger partial charge in [-0.3, -0.25) is 5.84 Å². The SMILES string of the molecule is COCc1cc(NN)c2c(OC)ccc(OC)c2n1. The van der Waals surface area contributed by atoms with Crippen LogP contribution >= 0.6 is 0 Å². The molecule has 1 aromatic heterocycles. The van der Waals surface area contributed by atoms with Gasteiger partial charge in [0.05, 0.1) is 37.6 Å². The summed E-state index contributed by atoms with van der Waals surface area (Å²) in [6, 6.07) is 5.46. The minimum Gasteiger partial charge on any atom is -0.496 e. The topological polar surface area (TPSA) is 78.6 Å². The van der Waals surface area contributed by atoms with Crippen LogP contribution in [0.4, 0.5) is 5.69 Å². The second-order valence-electron chi connectivity index (χ2n) is 3.93. The Bertz CT molecular complexity index is 587. The zero-order chi connectivity index (χ0) is 13.8. The van der Waals surface area contributed by atoms with E-state index in [4.69, 9.17) is 20.1 Å². The van der Waals surface area contributed by atoms with E-state index in [-0.39, 0.29) is 0 Å². The Morgan fingerprint density at radius 1 is 1.16 bits per heavy atom. The smallest absolute Gasteiger partial charge is 0.145 e. The van der Waals surface area contributed by atoms with E-state index in [2.05, 4.69) is 10.4 Å². The maximum atomic E-state index is 5.58. The average molecular weight is 263 g/mol. The second-order valence-corrected chi connectivity index (χ2v) is 3.93. The standard InChI is InChI=1S/C13H17N3O3/c1-17-7-8-6-9(16-14)12-10(18-2)4-5-11(19-3)13(12)15-8/h4-6H,7,14H2,1-3H3,(H,15,16). The molecule has 0 aliphatic rings. The third-order valence-corrected chi connectivity index (χ3v) is 2.83. The molecule has 6 heteroatoms. The summed E-state index contributed by atoms with van der Waals surface area (Å²) in [6.45, 7) is 0.394. The monoisotopic (exact) mass is 263 g/mol. The summed E-state index contributed by atoms with van der Waals surface area (Å²) in [5.41, 5.74) is 4.82. The van der Waals surface area contributed by atoms with Crippen molar-refractivity contribution in [1.82, 2.24) is 4.98 Å². The number of hydrazine groups is 1. The first-order chi connectivity index (χ1) is 9.24. The largest absolute Gasteiger partial charge is 0.496 e. The Labute approximate surface area is 111 Å². The van der Waals surface area contributed by atoms with Crippen molar-refractivity contribution in [3.63, 3.8) is 0 Å². The number of nitrogen functional groups attached to an aromatic ring is 1. The van der Waals surface area contributed by atoms with Gasteiger partial charge in [-0.15, -0.1) is 0 Å². The molecule has 0 bridgehead atoms. The van der Waals surface area contributed by atoms with E-state index in [1.165, 1.54) is 0 Å². The maximum absolute atomic E-state index is 5.58. The van der Waals surface area contributed by atoms with Crippen molar-refractivity contribution >= 4 is 16.6 Å². The van der Waals surface area contributed by atoms with E-state index in [9.17, 15) is 0 Å². The number of nitrogens with zero attached hydrogens (tertiary/aromatic N) is 1. The molecule has 19 heavy (non-hydrogen) atoms. The van der Waals surface area contributed by atoms with Crippen LogP contribution in [0.25, 0.3) is 10.9 Å². The first kappa shape index (κ1) is 13.4. The molecule has 2 rings (SSSR count). The van der Waals surface area contributed by atoms with Gasteiger partial charge in [0.1, 0.15) is 17.0 Å². The number of hydrogen-bond acceptors (Lipinski definition) is 6. The highest BCUT2D eigenvalue weighted by atomic mass is 16.5. The van der Waals surface area contributed by atoms with Crippen molar-refractivity contribution in [3.8, 4) is 11.5 Å². The number of hydrogen-bond donors (Lipinski definition) is 2. The van der Waals surface area contributed by atoms with Crippen LogP contribution in [0.1, 0.15) is 5.69 Å². The van der Waals surface area contributed by atoms with Crippen molar-refractivity contribution in [2.75, 3.05) is 26.8 Å². The van der Waals surface area contributed by atoms with Crippen LogP contribution in [0.15, 0.2) is 18.2 Å². The van der Waals surface area contributed by atoms with Gasteiger partial charge in [0.2, 0.25) is 0 Å². The fourth-order valence-electron chi connectivity index (χ4n) is 2.01. The minimum absolute atomic E-state index is 0.394. The fourth-order valence-corrected chi connectivity index (χ4v) is 2.01. The number of pyridine rings is 1. The maximum Gasteiger partial charge on any atom is 0.145 e. The van der Waals surface area contributed by atoms with Crippen LogP contribution in [0, 0.1) is 0 Å². The van der Waals surface area contributed by atoms with E-state index in [0.29, 0.717) is 29.3 Å². The predicted molar refractivity (Wildman–Crippen MR) is 73.4 cm³/mol. The number of methoxy groups -OCH3 is 3. The molecule has 0 aliphatic heterocycles. The lowest BCUT2D eigenvalue weighted by molar-refractivity contribution is 0.182. The van der Waals surface area contributed by atoms with Crippen molar-refractivity contribution < 1.29 is 14.2 Å². The van der Waals surface area contributed by atoms with Crippen LogP contribution in [0.5, 0.6) is 11.5 Å². The first-order valence-electron chi connectivity index (χ1n) is 5.75. The summed E-state index contributed by atoms with van der Waals surface area (Å²) >= 11 is 0. The summed E-state index contributed by atoms with van der Waals surface area (Å²) < 4.78 is 15.8. The van der Waals surface area contributed by atoms with Crippen LogP contribution in [-0.4, -0.2) is 26.3 Å². The number of anilines is 1. The Kier molecular flexibility index (Phi) is 4.03. The number of fused-ring (bicyclic) bond motifs is 1. The molecule has 3 N–H and O–H groups in total. The highest BCUT2D eigenvalue weighted by molar-refractivity contribution is 5.99. The van der Waals surface area contributed by atoms with Crippen molar-refractivity contribution in [2.24, 2.45) is 5.84 Å². The lowest BCUT2D eigenvalue weighted by Crippen LogP contribution is -2.09.